The average molecular weight is 336 g/mol. The van der Waals surface area contributed by atoms with Crippen LogP contribution < -0.4 is 10.2 Å². The Labute approximate surface area is 145 Å². The van der Waals surface area contributed by atoms with Crippen molar-refractivity contribution in [3.63, 3.8) is 0 Å². The van der Waals surface area contributed by atoms with Gasteiger partial charge in [0.15, 0.2) is 11.5 Å². The van der Waals surface area contributed by atoms with Crippen LogP contribution in [0.2, 0.25) is 0 Å². The van der Waals surface area contributed by atoms with Gasteiger partial charge in [0.25, 0.3) is 0 Å². The number of hydrogen-bond acceptors (Lipinski definition) is 7. The van der Waals surface area contributed by atoms with Crippen molar-refractivity contribution in [2.24, 2.45) is 5.92 Å². The van der Waals surface area contributed by atoms with Gasteiger partial charge >= 0.3 is 0 Å². The van der Waals surface area contributed by atoms with Crippen LogP contribution in [0.5, 0.6) is 0 Å². The number of nitrogens with zero attached hydrogens (tertiary/aromatic N) is 7. The molecule has 25 heavy (non-hydrogen) atoms. The highest BCUT2D eigenvalue weighted by Gasteiger charge is 2.31. The van der Waals surface area contributed by atoms with Crippen molar-refractivity contribution in [1.29, 1.82) is 0 Å². The summed E-state index contributed by atoms with van der Waals surface area (Å²) in [7, 11) is 0. The summed E-state index contributed by atoms with van der Waals surface area (Å²) in [5.74, 6) is 3.82. The first kappa shape index (κ1) is 14.6. The van der Waals surface area contributed by atoms with E-state index in [0.717, 1.165) is 42.5 Å². The molecule has 2 aliphatic rings. The van der Waals surface area contributed by atoms with Crippen LogP contribution in [-0.2, 0) is 0 Å². The summed E-state index contributed by atoms with van der Waals surface area (Å²) in [6, 6.07) is 4.04. The van der Waals surface area contributed by atoms with Gasteiger partial charge in [-0.3, -0.25) is 0 Å². The Hall–Kier alpha value is -2.77. The van der Waals surface area contributed by atoms with Gasteiger partial charge in [0.1, 0.15) is 5.82 Å². The highest BCUT2D eigenvalue weighted by atomic mass is 15.4. The lowest BCUT2D eigenvalue weighted by Crippen LogP contribution is -2.50. The van der Waals surface area contributed by atoms with Gasteiger partial charge in [-0.2, -0.15) is 4.52 Å². The molecule has 0 amide bonds. The Kier molecular flexibility index (Phi) is 3.29. The number of nitrogens with one attached hydrogen (secondary N) is 1. The van der Waals surface area contributed by atoms with E-state index in [2.05, 4.69) is 30.4 Å². The van der Waals surface area contributed by atoms with Gasteiger partial charge in [0, 0.05) is 43.9 Å². The maximum atomic E-state index is 4.75. The van der Waals surface area contributed by atoms with Crippen molar-refractivity contribution in [1.82, 2.24) is 29.8 Å². The van der Waals surface area contributed by atoms with Gasteiger partial charge in [0.2, 0.25) is 5.95 Å². The fourth-order valence-electron chi connectivity index (χ4n) is 3.17. The third-order valence-corrected chi connectivity index (χ3v) is 4.83. The smallest absolute Gasteiger partial charge is 0.222 e. The predicted octanol–water partition coefficient (Wildman–Crippen LogP) is 1.65. The molecular weight excluding hydrogens is 316 g/mol. The lowest BCUT2D eigenvalue weighted by molar-refractivity contribution is 0.424. The highest BCUT2D eigenvalue weighted by Crippen LogP contribution is 2.38. The summed E-state index contributed by atoms with van der Waals surface area (Å²) in [6.45, 7) is 4.83. The van der Waals surface area contributed by atoms with Crippen molar-refractivity contribution in [2.45, 2.75) is 25.7 Å². The summed E-state index contributed by atoms with van der Waals surface area (Å²) in [6.07, 6.45) is 6.06. The maximum Gasteiger partial charge on any atom is 0.222 e. The second-order valence-corrected chi connectivity index (χ2v) is 7.03. The second-order valence-electron chi connectivity index (χ2n) is 7.03. The quantitative estimate of drug-likeness (QED) is 0.758. The monoisotopic (exact) mass is 336 g/mol. The maximum absolute atomic E-state index is 4.75. The lowest BCUT2D eigenvalue weighted by Gasteiger charge is -2.40. The zero-order valence-corrected chi connectivity index (χ0v) is 14.1. The molecule has 0 spiro atoms. The summed E-state index contributed by atoms with van der Waals surface area (Å²) in [5.41, 5.74) is 1.90. The molecule has 3 aromatic heterocycles. The number of aryl methyl sites for hydroxylation is 1. The van der Waals surface area contributed by atoms with E-state index in [0.29, 0.717) is 17.8 Å². The molecule has 0 aromatic carbocycles. The molecular formula is C17H20N8. The second kappa shape index (κ2) is 5.65. The van der Waals surface area contributed by atoms with Gasteiger partial charge in [-0.05, 0) is 37.5 Å². The molecule has 1 saturated carbocycles. The molecule has 0 unspecified atom stereocenters. The van der Waals surface area contributed by atoms with Crippen molar-refractivity contribution < 1.29 is 0 Å². The molecule has 8 heteroatoms. The van der Waals surface area contributed by atoms with Crippen LogP contribution in [0.3, 0.4) is 0 Å². The fraction of sp³-hybridized carbons (Fsp3) is 0.471. The predicted molar refractivity (Wildman–Crippen MR) is 93.7 cm³/mol. The summed E-state index contributed by atoms with van der Waals surface area (Å²) in [4.78, 5) is 10.9. The average Bonchev–Trinajstić information content (AvgIpc) is 3.34. The van der Waals surface area contributed by atoms with Crippen LogP contribution in [-0.4, -0.2) is 49.4 Å². The van der Waals surface area contributed by atoms with E-state index >= 15 is 0 Å². The van der Waals surface area contributed by atoms with E-state index in [1.165, 1.54) is 12.8 Å². The molecule has 3 aromatic rings. The van der Waals surface area contributed by atoms with E-state index < -0.39 is 0 Å². The Bertz CT molecular complexity index is 893. The number of fused-ring (bicyclic) bond motifs is 1. The van der Waals surface area contributed by atoms with E-state index in [4.69, 9.17) is 5.10 Å². The number of rotatable bonds is 5. The molecule has 0 bridgehead atoms. The van der Waals surface area contributed by atoms with Gasteiger partial charge in [0.05, 0.1) is 0 Å². The van der Waals surface area contributed by atoms with Crippen LogP contribution in [0.25, 0.3) is 5.65 Å². The highest BCUT2D eigenvalue weighted by molar-refractivity contribution is 5.48. The normalized spacial score (nSPS) is 17.7. The molecule has 128 valence electrons. The summed E-state index contributed by atoms with van der Waals surface area (Å²) in [5, 5.41) is 16.6. The van der Waals surface area contributed by atoms with E-state index in [1.807, 2.05) is 36.0 Å². The Morgan fingerprint density at radius 1 is 1.12 bits per heavy atom. The van der Waals surface area contributed by atoms with Gasteiger partial charge in [-0.15, -0.1) is 15.3 Å². The van der Waals surface area contributed by atoms with E-state index in [-0.39, 0.29) is 0 Å². The first-order valence-corrected chi connectivity index (χ1v) is 8.76. The van der Waals surface area contributed by atoms with Crippen LogP contribution in [0.1, 0.15) is 30.1 Å². The van der Waals surface area contributed by atoms with Crippen LogP contribution in [0, 0.1) is 12.8 Å². The molecule has 1 saturated heterocycles. The molecule has 4 heterocycles. The SMILES string of the molecule is Cc1cnc(NCC2CN(c3ccc4nnc(C5CC5)n4n3)C2)nc1. The number of aromatic nitrogens is 6. The molecule has 2 fully saturated rings. The third-order valence-electron chi connectivity index (χ3n) is 4.83. The molecule has 5 rings (SSSR count). The Morgan fingerprint density at radius 2 is 1.92 bits per heavy atom. The minimum absolute atomic E-state index is 0.542. The Balaban J connectivity index is 1.22. The van der Waals surface area contributed by atoms with E-state index in [1.54, 1.807) is 0 Å². The minimum atomic E-state index is 0.542. The standard InChI is InChI=1S/C17H20N8/c1-11-6-18-17(19-7-11)20-8-12-9-24(10-12)15-5-4-14-21-22-16(13-2-3-13)25(14)23-15/h4-7,12-13H,2-3,8-10H2,1H3,(H,18,19,20). The molecule has 1 aliphatic heterocycles. The summed E-state index contributed by atoms with van der Waals surface area (Å²) < 4.78 is 1.92. The minimum Gasteiger partial charge on any atom is -0.354 e. The van der Waals surface area contributed by atoms with Crippen LogP contribution >= 0.6 is 0 Å². The molecule has 0 atom stereocenters. The first-order chi connectivity index (χ1) is 12.3. The van der Waals surface area contributed by atoms with Gasteiger partial charge in [-0.1, -0.05) is 0 Å². The number of anilines is 2. The van der Waals surface area contributed by atoms with Crippen molar-refractivity contribution in [3.8, 4) is 0 Å². The molecule has 1 N–H and O–H groups in total. The van der Waals surface area contributed by atoms with Crippen LogP contribution in [0.15, 0.2) is 24.5 Å². The molecule has 0 radical (unpaired) electrons. The zero-order valence-electron chi connectivity index (χ0n) is 14.1. The van der Waals surface area contributed by atoms with Gasteiger partial charge < -0.3 is 10.2 Å². The zero-order chi connectivity index (χ0) is 16.8. The van der Waals surface area contributed by atoms with Crippen LogP contribution in [0.4, 0.5) is 11.8 Å². The lowest BCUT2D eigenvalue weighted by atomic mass is 10.0. The van der Waals surface area contributed by atoms with Crippen molar-refractivity contribution >= 4 is 17.4 Å². The summed E-state index contributed by atoms with van der Waals surface area (Å²) >= 11 is 0. The first-order valence-electron chi connectivity index (χ1n) is 8.76. The third kappa shape index (κ3) is 2.77. The molecule has 1 aliphatic carbocycles. The van der Waals surface area contributed by atoms with Gasteiger partial charge in [-0.25, -0.2) is 9.97 Å². The number of hydrogen-bond donors (Lipinski definition) is 1. The van der Waals surface area contributed by atoms with E-state index in [9.17, 15) is 0 Å². The van der Waals surface area contributed by atoms with Crippen molar-refractivity contribution in [2.75, 3.05) is 29.9 Å². The molecule has 8 nitrogen and oxygen atoms in total. The fourth-order valence-corrected chi connectivity index (χ4v) is 3.17. The van der Waals surface area contributed by atoms with Crippen molar-refractivity contribution in [3.05, 3.63) is 35.9 Å². The topological polar surface area (TPSA) is 84.1 Å². The largest absolute Gasteiger partial charge is 0.354 e. The Morgan fingerprint density at radius 3 is 2.68 bits per heavy atom.